The maximum Gasteiger partial charge on any atom is 0.271 e. The molecule has 0 aromatic heterocycles. The first-order valence-electron chi connectivity index (χ1n) is 7.50. The Hall–Kier alpha value is -2.47. The number of non-ortho nitro benzene ring substituents is 1. The van der Waals surface area contributed by atoms with Crippen LogP contribution in [0.15, 0.2) is 48.5 Å². The van der Waals surface area contributed by atoms with Gasteiger partial charge in [-0.05, 0) is 42.8 Å². The molecule has 0 aliphatic rings. The number of benzene rings is 2. The molecule has 0 spiro atoms. The second kappa shape index (κ2) is 8.24. The molecule has 0 bridgehead atoms. The summed E-state index contributed by atoms with van der Waals surface area (Å²) in [7, 11) is 0. The molecule has 5 nitrogen and oxygen atoms in total. The van der Waals surface area contributed by atoms with E-state index in [0.29, 0.717) is 10.8 Å². The lowest BCUT2D eigenvalue weighted by atomic mass is 10.1. The second-order valence-corrected chi connectivity index (χ2v) is 5.56. The predicted octanol–water partition coefficient (Wildman–Crippen LogP) is 4.75. The lowest BCUT2D eigenvalue weighted by Crippen LogP contribution is -2.20. The number of aryl methyl sites for hydroxylation is 1. The maximum absolute atomic E-state index is 10.8. The van der Waals surface area contributed by atoms with Gasteiger partial charge in [0.15, 0.2) is 5.11 Å². The van der Waals surface area contributed by atoms with E-state index in [4.69, 9.17) is 12.2 Å². The van der Waals surface area contributed by atoms with Crippen LogP contribution in [0.3, 0.4) is 0 Å². The zero-order chi connectivity index (χ0) is 16.7. The molecule has 0 atom stereocenters. The first-order chi connectivity index (χ1) is 11.1. The van der Waals surface area contributed by atoms with Gasteiger partial charge in [0.05, 0.1) is 4.92 Å². The predicted molar refractivity (Wildman–Crippen MR) is 98.0 cm³/mol. The van der Waals surface area contributed by atoms with Crippen molar-refractivity contribution in [3.8, 4) is 0 Å². The molecule has 0 aliphatic heterocycles. The number of nitro groups is 1. The smallest absolute Gasteiger partial charge is 0.271 e. The van der Waals surface area contributed by atoms with Crippen molar-refractivity contribution in [3.05, 3.63) is 64.2 Å². The van der Waals surface area contributed by atoms with Crippen LogP contribution in [0.4, 0.5) is 17.1 Å². The number of hydrogen-bond donors (Lipinski definition) is 2. The molecule has 6 heteroatoms. The van der Waals surface area contributed by atoms with Gasteiger partial charge in [-0.25, -0.2) is 0 Å². The Morgan fingerprint density at radius 3 is 2.70 bits per heavy atom. The van der Waals surface area contributed by atoms with E-state index in [0.717, 1.165) is 24.9 Å². The molecule has 2 rings (SSSR count). The lowest BCUT2D eigenvalue weighted by molar-refractivity contribution is -0.384. The fourth-order valence-electron chi connectivity index (χ4n) is 2.21. The second-order valence-electron chi connectivity index (χ2n) is 5.15. The molecule has 0 aliphatic carbocycles. The van der Waals surface area contributed by atoms with Crippen molar-refractivity contribution in [2.45, 2.75) is 26.2 Å². The molecule has 2 aromatic rings. The van der Waals surface area contributed by atoms with Crippen molar-refractivity contribution >= 4 is 34.4 Å². The van der Waals surface area contributed by atoms with Crippen LogP contribution in [0.5, 0.6) is 0 Å². The minimum Gasteiger partial charge on any atom is -0.332 e. The fourth-order valence-corrected chi connectivity index (χ4v) is 2.44. The van der Waals surface area contributed by atoms with Gasteiger partial charge < -0.3 is 10.6 Å². The molecule has 120 valence electrons. The van der Waals surface area contributed by atoms with Crippen LogP contribution in [-0.4, -0.2) is 10.0 Å². The molecule has 0 fully saturated rings. The number of para-hydroxylation sites is 1. The molecule has 0 amide bonds. The van der Waals surface area contributed by atoms with Crippen LogP contribution < -0.4 is 10.6 Å². The van der Waals surface area contributed by atoms with Crippen molar-refractivity contribution in [2.75, 3.05) is 10.6 Å². The summed E-state index contributed by atoms with van der Waals surface area (Å²) in [6.45, 7) is 2.16. The Morgan fingerprint density at radius 2 is 1.96 bits per heavy atom. The van der Waals surface area contributed by atoms with Gasteiger partial charge in [-0.15, -0.1) is 0 Å². The van der Waals surface area contributed by atoms with Gasteiger partial charge in [-0.1, -0.05) is 37.6 Å². The molecule has 0 heterocycles. The van der Waals surface area contributed by atoms with Gasteiger partial charge in [0.25, 0.3) is 5.69 Å². The standard InChI is InChI=1S/C17H19N3O2S/c1-2-3-7-13-8-4-5-11-16(13)19-17(23)18-14-9-6-10-15(12-14)20(21)22/h4-6,8-12H,2-3,7H2,1H3,(H2,18,19,23). The van der Waals surface area contributed by atoms with Crippen molar-refractivity contribution < 1.29 is 4.92 Å². The van der Waals surface area contributed by atoms with Gasteiger partial charge in [0, 0.05) is 23.5 Å². The van der Waals surface area contributed by atoms with Crippen molar-refractivity contribution in [3.63, 3.8) is 0 Å². The third kappa shape index (κ3) is 5.03. The highest BCUT2D eigenvalue weighted by molar-refractivity contribution is 7.80. The summed E-state index contributed by atoms with van der Waals surface area (Å²) in [6.07, 6.45) is 3.23. The summed E-state index contributed by atoms with van der Waals surface area (Å²) >= 11 is 5.31. The van der Waals surface area contributed by atoms with Gasteiger partial charge in [0.2, 0.25) is 0 Å². The molecule has 0 unspecified atom stereocenters. The number of nitrogens with zero attached hydrogens (tertiary/aromatic N) is 1. The molecular weight excluding hydrogens is 310 g/mol. The van der Waals surface area contributed by atoms with Crippen LogP contribution >= 0.6 is 12.2 Å². The zero-order valence-corrected chi connectivity index (χ0v) is 13.7. The van der Waals surface area contributed by atoms with E-state index >= 15 is 0 Å². The quantitative estimate of drug-likeness (QED) is 0.455. The molecule has 23 heavy (non-hydrogen) atoms. The fraction of sp³-hybridized carbons (Fsp3) is 0.235. The number of hydrogen-bond acceptors (Lipinski definition) is 3. The van der Waals surface area contributed by atoms with E-state index in [9.17, 15) is 10.1 Å². The Balaban J connectivity index is 2.05. The average Bonchev–Trinajstić information content (AvgIpc) is 2.54. The van der Waals surface area contributed by atoms with Crippen LogP contribution in [0.25, 0.3) is 0 Å². The van der Waals surface area contributed by atoms with Crippen LogP contribution in [0, 0.1) is 10.1 Å². The summed E-state index contributed by atoms with van der Waals surface area (Å²) in [5, 5.41) is 17.4. The lowest BCUT2D eigenvalue weighted by Gasteiger charge is -2.14. The van der Waals surface area contributed by atoms with Crippen LogP contribution in [0.1, 0.15) is 25.3 Å². The van der Waals surface area contributed by atoms with Gasteiger partial charge in [0.1, 0.15) is 0 Å². The van der Waals surface area contributed by atoms with Crippen molar-refractivity contribution in [1.82, 2.24) is 0 Å². The summed E-state index contributed by atoms with van der Waals surface area (Å²) in [4.78, 5) is 10.4. The normalized spacial score (nSPS) is 10.1. The largest absolute Gasteiger partial charge is 0.332 e. The van der Waals surface area contributed by atoms with Crippen molar-refractivity contribution in [1.29, 1.82) is 0 Å². The third-order valence-electron chi connectivity index (χ3n) is 3.38. The highest BCUT2D eigenvalue weighted by atomic mass is 32.1. The number of anilines is 2. The number of nitrogens with one attached hydrogen (secondary N) is 2. The summed E-state index contributed by atoms with van der Waals surface area (Å²) in [5.41, 5.74) is 2.78. The molecule has 2 N–H and O–H groups in total. The highest BCUT2D eigenvalue weighted by Crippen LogP contribution is 2.20. The van der Waals surface area contributed by atoms with Crippen molar-refractivity contribution in [2.24, 2.45) is 0 Å². The first-order valence-corrected chi connectivity index (χ1v) is 7.91. The minimum absolute atomic E-state index is 0.0288. The van der Waals surface area contributed by atoms with Crippen LogP contribution in [-0.2, 0) is 6.42 Å². The monoisotopic (exact) mass is 329 g/mol. The topological polar surface area (TPSA) is 67.2 Å². The number of rotatable bonds is 6. The van der Waals surface area contributed by atoms with E-state index in [2.05, 4.69) is 23.6 Å². The summed E-state index contributed by atoms with van der Waals surface area (Å²) in [6, 6.07) is 14.3. The Kier molecular flexibility index (Phi) is 6.05. The van der Waals surface area contributed by atoms with Gasteiger partial charge >= 0.3 is 0 Å². The van der Waals surface area contributed by atoms with E-state index in [-0.39, 0.29) is 5.69 Å². The van der Waals surface area contributed by atoms with Gasteiger partial charge in [-0.2, -0.15) is 0 Å². The summed E-state index contributed by atoms with van der Waals surface area (Å²) < 4.78 is 0. The van der Waals surface area contributed by atoms with E-state index < -0.39 is 4.92 Å². The highest BCUT2D eigenvalue weighted by Gasteiger charge is 2.08. The van der Waals surface area contributed by atoms with E-state index in [1.807, 2.05) is 18.2 Å². The molecule has 2 aromatic carbocycles. The Bertz CT molecular complexity index is 704. The Labute approximate surface area is 140 Å². The Morgan fingerprint density at radius 1 is 1.17 bits per heavy atom. The maximum atomic E-state index is 10.8. The molecule has 0 radical (unpaired) electrons. The number of unbranched alkanes of at least 4 members (excludes halogenated alkanes) is 1. The van der Waals surface area contributed by atoms with Gasteiger partial charge in [-0.3, -0.25) is 10.1 Å². The SMILES string of the molecule is CCCCc1ccccc1NC(=S)Nc1cccc([N+](=O)[O-])c1. The average molecular weight is 329 g/mol. The molecular formula is C17H19N3O2S. The molecule has 0 saturated heterocycles. The number of nitro benzene ring substituents is 1. The summed E-state index contributed by atoms with van der Waals surface area (Å²) in [5.74, 6) is 0. The minimum atomic E-state index is -0.429. The first kappa shape index (κ1) is 16.9. The van der Waals surface area contributed by atoms with E-state index in [1.165, 1.54) is 17.7 Å². The zero-order valence-electron chi connectivity index (χ0n) is 12.9. The van der Waals surface area contributed by atoms with Crippen LogP contribution in [0.2, 0.25) is 0 Å². The molecule has 0 saturated carbocycles. The number of thiocarbonyl (C=S) groups is 1. The third-order valence-corrected chi connectivity index (χ3v) is 3.58. The van der Waals surface area contributed by atoms with E-state index in [1.54, 1.807) is 12.1 Å².